The van der Waals surface area contributed by atoms with Crippen molar-refractivity contribution >= 4 is 0 Å². The summed E-state index contributed by atoms with van der Waals surface area (Å²) in [5, 5.41) is 3.04. The first-order valence-electron chi connectivity index (χ1n) is 4.71. The van der Waals surface area contributed by atoms with Gasteiger partial charge in [-0.25, -0.2) is 0 Å². The van der Waals surface area contributed by atoms with Gasteiger partial charge in [0.2, 0.25) is 0 Å². The predicted molar refractivity (Wildman–Crippen MR) is 46.2 cm³/mol. The quantitative estimate of drug-likeness (QED) is 0.840. The SMILES string of the molecule is CCC(N)Cc1noc(C(F)(F)C(F)(F)F)n1. The minimum absolute atomic E-state index is 0.0199. The van der Waals surface area contributed by atoms with E-state index < -0.39 is 24.0 Å². The fourth-order valence-corrected chi connectivity index (χ4v) is 0.965. The highest BCUT2D eigenvalue weighted by atomic mass is 19.4. The molecule has 0 aliphatic carbocycles. The summed E-state index contributed by atoms with van der Waals surface area (Å²) in [6, 6.07) is -0.417. The van der Waals surface area contributed by atoms with E-state index in [1.165, 1.54) is 0 Å². The van der Waals surface area contributed by atoms with Gasteiger partial charge in [0, 0.05) is 12.5 Å². The molecule has 1 aromatic heterocycles. The van der Waals surface area contributed by atoms with Gasteiger partial charge in [0.1, 0.15) is 0 Å². The molecule has 0 fully saturated rings. The molecule has 98 valence electrons. The molecule has 9 heteroatoms. The van der Waals surface area contributed by atoms with Crippen LogP contribution < -0.4 is 5.73 Å². The average Bonchev–Trinajstić information content (AvgIpc) is 2.64. The largest absolute Gasteiger partial charge is 0.463 e. The number of nitrogens with zero attached hydrogens (tertiary/aromatic N) is 2. The number of alkyl halides is 5. The van der Waals surface area contributed by atoms with Crippen LogP contribution in [-0.2, 0) is 12.3 Å². The van der Waals surface area contributed by atoms with Gasteiger partial charge < -0.3 is 10.3 Å². The molecule has 0 saturated heterocycles. The van der Waals surface area contributed by atoms with Crippen LogP contribution in [0.3, 0.4) is 0 Å². The van der Waals surface area contributed by atoms with Crippen molar-refractivity contribution < 1.29 is 26.5 Å². The average molecular weight is 259 g/mol. The van der Waals surface area contributed by atoms with Crippen LogP contribution in [0, 0.1) is 0 Å². The second-order valence-corrected chi connectivity index (χ2v) is 3.46. The van der Waals surface area contributed by atoms with Crippen LogP contribution in [0.4, 0.5) is 22.0 Å². The van der Waals surface area contributed by atoms with Gasteiger partial charge in [-0.2, -0.15) is 26.9 Å². The molecule has 0 bridgehead atoms. The highest BCUT2D eigenvalue weighted by molar-refractivity contribution is 4.98. The van der Waals surface area contributed by atoms with E-state index in [1.807, 2.05) is 0 Å². The van der Waals surface area contributed by atoms with E-state index in [4.69, 9.17) is 5.73 Å². The molecule has 1 atom stereocenters. The summed E-state index contributed by atoms with van der Waals surface area (Å²) in [7, 11) is 0. The highest BCUT2D eigenvalue weighted by Crippen LogP contribution is 2.42. The van der Waals surface area contributed by atoms with Gasteiger partial charge in [0.15, 0.2) is 5.82 Å². The maximum Gasteiger partial charge on any atom is 0.463 e. The number of hydrogen-bond acceptors (Lipinski definition) is 4. The van der Waals surface area contributed by atoms with E-state index >= 15 is 0 Å². The van der Waals surface area contributed by atoms with Gasteiger partial charge in [0.05, 0.1) is 0 Å². The van der Waals surface area contributed by atoms with Gasteiger partial charge in [-0.1, -0.05) is 12.1 Å². The number of hydrogen-bond donors (Lipinski definition) is 1. The van der Waals surface area contributed by atoms with Crippen LogP contribution in [0.1, 0.15) is 25.1 Å². The minimum atomic E-state index is -5.76. The van der Waals surface area contributed by atoms with Crippen molar-refractivity contribution in [3.05, 3.63) is 11.7 Å². The summed E-state index contributed by atoms with van der Waals surface area (Å²) >= 11 is 0. The fraction of sp³-hybridized carbons (Fsp3) is 0.750. The Labute approximate surface area is 93.0 Å². The topological polar surface area (TPSA) is 64.9 Å². The first-order valence-corrected chi connectivity index (χ1v) is 4.71. The van der Waals surface area contributed by atoms with E-state index in [1.54, 1.807) is 6.92 Å². The number of halogens is 5. The van der Waals surface area contributed by atoms with Crippen molar-refractivity contribution in [2.24, 2.45) is 5.73 Å². The Hall–Kier alpha value is -1.25. The smallest absolute Gasteiger partial charge is 0.332 e. The van der Waals surface area contributed by atoms with Crippen LogP contribution >= 0.6 is 0 Å². The molecule has 1 heterocycles. The summed E-state index contributed by atoms with van der Waals surface area (Å²) in [5.41, 5.74) is 5.48. The summed E-state index contributed by atoms with van der Waals surface area (Å²) in [5.74, 6) is -7.17. The standard InChI is InChI=1S/C8H10F5N3O/c1-2-4(14)3-5-15-6(17-16-5)7(9,10)8(11,12)13/h4H,2-3,14H2,1H3. The van der Waals surface area contributed by atoms with Crippen molar-refractivity contribution in [3.8, 4) is 0 Å². The maximum absolute atomic E-state index is 12.7. The molecule has 17 heavy (non-hydrogen) atoms. The summed E-state index contributed by atoms with van der Waals surface area (Å²) < 4.78 is 65.3. The third-order valence-electron chi connectivity index (χ3n) is 2.06. The van der Waals surface area contributed by atoms with Gasteiger partial charge >= 0.3 is 18.0 Å². The fourth-order valence-electron chi connectivity index (χ4n) is 0.965. The van der Waals surface area contributed by atoms with Crippen molar-refractivity contribution in [1.29, 1.82) is 0 Å². The predicted octanol–water partition coefficient (Wildman–Crippen LogP) is 2.00. The van der Waals surface area contributed by atoms with Crippen molar-refractivity contribution in [1.82, 2.24) is 10.1 Å². The summed E-state index contributed by atoms with van der Waals surface area (Å²) in [4.78, 5) is 3.01. The van der Waals surface area contributed by atoms with E-state index in [0.29, 0.717) is 6.42 Å². The zero-order chi connectivity index (χ0) is 13.3. The van der Waals surface area contributed by atoms with Crippen LogP contribution in [0.15, 0.2) is 4.52 Å². The number of nitrogens with two attached hydrogens (primary N) is 1. The molecular formula is C8H10F5N3O. The third-order valence-corrected chi connectivity index (χ3v) is 2.06. The molecular weight excluding hydrogens is 249 g/mol. The normalized spacial score (nSPS) is 15.0. The molecule has 2 N–H and O–H groups in total. The summed E-state index contributed by atoms with van der Waals surface area (Å²) in [6.45, 7) is 1.73. The van der Waals surface area contributed by atoms with Crippen LogP contribution in [-0.4, -0.2) is 22.4 Å². The molecule has 0 aliphatic rings. The van der Waals surface area contributed by atoms with Crippen molar-refractivity contribution in [2.75, 3.05) is 0 Å². The third kappa shape index (κ3) is 2.90. The lowest BCUT2D eigenvalue weighted by atomic mass is 10.2. The zero-order valence-corrected chi connectivity index (χ0v) is 8.76. The Morgan fingerprint density at radius 2 is 1.88 bits per heavy atom. The van der Waals surface area contributed by atoms with E-state index in [2.05, 4.69) is 14.7 Å². The highest BCUT2D eigenvalue weighted by Gasteiger charge is 2.63. The van der Waals surface area contributed by atoms with E-state index in [9.17, 15) is 22.0 Å². The van der Waals surface area contributed by atoms with Crippen molar-refractivity contribution in [2.45, 2.75) is 37.9 Å². The van der Waals surface area contributed by atoms with Crippen LogP contribution in [0.5, 0.6) is 0 Å². The lowest BCUT2D eigenvalue weighted by Gasteiger charge is -2.14. The maximum atomic E-state index is 12.7. The number of aromatic nitrogens is 2. The molecule has 0 aromatic carbocycles. The van der Waals surface area contributed by atoms with Crippen LogP contribution in [0.2, 0.25) is 0 Å². The molecule has 1 aromatic rings. The Kier molecular flexibility index (Phi) is 3.70. The number of rotatable bonds is 4. The molecule has 0 saturated carbocycles. The Morgan fingerprint density at radius 1 is 1.29 bits per heavy atom. The summed E-state index contributed by atoms with van der Waals surface area (Å²) in [6.07, 6.45) is -5.27. The molecule has 4 nitrogen and oxygen atoms in total. The van der Waals surface area contributed by atoms with Gasteiger partial charge in [-0.05, 0) is 6.42 Å². The second kappa shape index (κ2) is 4.55. The second-order valence-electron chi connectivity index (χ2n) is 3.46. The monoisotopic (exact) mass is 259 g/mol. The van der Waals surface area contributed by atoms with Gasteiger partial charge in [-0.3, -0.25) is 0 Å². The van der Waals surface area contributed by atoms with Crippen molar-refractivity contribution in [3.63, 3.8) is 0 Å². The van der Waals surface area contributed by atoms with Gasteiger partial charge in [0.25, 0.3) is 0 Å². The Bertz CT molecular complexity index is 375. The first-order chi connectivity index (χ1) is 7.68. The van der Waals surface area contributed by atoms with E-state index in [0.717, 1.165) is 0 Å². The Morgan fingerprint density at radius 3 is 2.35 bits per heavy atom. The zero-order valence-electron chi connectivity index (χ0n) is 8.76. The molecule has 0 aliphatic heterocycles. The molecule has 0 spiro atoms. The van der Waals surface area contributed by atoms with Crippen LogP contribution in [0.25, 0.3) is 0 Å². The molecule has 0 radical (unpaired) electrons. The molecule has 1 rings (SSSR count). The van der Waals surface area contributed by atoms with E-state index in [-0.39, 0.29) is 12.2 Å². The van der Waals surface area contributed by atoms with Gasteiger partial charge in [-0.15, -0.1) is 0 Å². The lowest BCUT2D eigenvalue weighted by molar-refractivity contribution is -0.298. The molecule has 0 amide bonds. The molecule has 1 unspecified atom stereocenters. The Balaban J connectivity index is 2.88. The first kappa shape index (κ1) is 13.8. The lowest BCUT2D eigenvalue weighted by Crippen LogP contribution is -2.34. The minimum Gasteiger partial charge on any atom is -0.332 e.